The molecular weight excluding hydrogens is 258 g/mol. The third-order valence-corrected chi connectivity index (χ3v) is 3.19. The van der Waals surface area contributed by atoms with E-state index in [4.69, 9.17) is 4.74 Å². The highest BCUT2D eigenvalue weighted by Gasteiger charge is 1.94. The highest BCUT2D eigenvalue weighted by Crippen LogP contribution is 2.06. The first kappa shape index (κ1) is 15.5. The zero-order valence-corrected chi connectivity index (χ0v) is 12.6. The fraction of sp³-hybridized carbons (Fsp3) is 0.263. The molecule has 0 spiro atoms. The van der Waals surface area contributed by atoms with Crippen LogP contribution in [0.5, 0.6) is 0 Å². The molecule has 0 amide bonds. The number of ether oxygens (including phenoxy) is 1. The van der Waals surface area contributed by atoms with Gasteiger partial charge in [-0.15, -0.1) is 0 Å². The second-order valence-corrected chi connectivity index (χ2v) is 4.93. The van der Waals surface area contributed by atoms with Gasteiger partial charge in [-0.1, -0.05) is 73.7 Å². The highest BCUT2D eigenvalue weighted by molar-refractivity contribution is 5.48. The lowest BCUT2D eigenvalue weighted by atomic mass is 10.1. The van der Waals surface area contributed by atoms with Crippen molar-refractivity contribution in [3.8, 4) is 0 Å². The lowest BCUT2D eigenvalue weighted by molar-refractivity contribution is 0.149. The van der Waals surface area contributed by atoms with E-state index in [0.717, 1.165) is 13.1 Å². The van der Waals surface area contributed by atoms with Crippen LogP contribution < -0.4 is 5.32 Å². The van der Waals surface area contributed by atoms with Crippen LogP contribution >= 0.6 is 0 Å². The van der Waals surface area contributed by atoms with Gasteiger partial charge in [0.25, 0.3) is 0 Å². The summed E-state index contributed by atoms with van der Waals surface area (Å²) in [5.74, 6) is 0. The summed E-state index contributed by atoms with van der Waals surface area (Å²) in [6.45, 7) is 5.33. The Morgan fingerprint density at radius 2 is 1.67 bits per heavy atom. The summed E-state index contributed by atoms with van der Waals surface area (Å²) in [6.07, 6.45) is 4.13. The summed E-state index contributed by atoms with van der Waals surface area (Å²) < 4.78 is 5.66. The van der Waals surface area contributed by atoms with Crippen molar-refractivity contribution in [2.24, 2.45) is 0 Å². The fourth-order valence-electron chi connectivity index (χ4n) is 2.02. The van der Waals surface area contributed by atoms with E-state index in [1.54, 1.807) is 0 Å². The fourth-order valence-corrected chi connectivity index (χ4v) is 2.02. The molecule has 0 saturated heterocycles. The molecule has 2 nitrogen and oxygen atoms in total. The topological polar surface area (TPSA) is 21.3 Å². The first-order chi connectivity index (χ1) is 10.4. The molecular formula is C19H23NO. The third-order valence-electron chi connectivity index (χ3n) is 3.19. The van der Waals surface area contributed by atoms with Crippen LogP contribution in [0.3, 0.4) is 0 Å². The van der Waals surface area contributed by atoms with Crippen molar-refractivity contribution in [1.82, 2.24) is 5.32 Å². The quantitative estimate of drug-likeness (QED) is 0.738. The smallest absolute Gasteiger partial charge is 0.0721 e. The molecule has 0 aliphatic rings. The van der Waals surface area contributed by atoms with Gasteiger partial charge in [0.2, 0.25) is 0 Å². The van der Waals surface area contributed by atoms with Crippen LogP contribution in [-0.4, -0.2) is 13.2 Å². The Kier molecular flexibility index (Phi) is 6.72. The minimum atomic E-state index is 0.633. The van der Waals surface area contributed by atoms with E-state index in [0.29, 0.717) is 13.2 Å². The van der Waals surface area contributed by atoms with Crippen molar-refractivity contribution >= 4 is 6.08 Å². The molecule has 2 heteroatoms. The van der Waals surface area contributed by atoms with Gasteiger partial charge < -0.3 is 10.1 Å². The molecule has 0 heterocycles. The predicted octanol–water partition coefficient (Wildman–Crippen LogP) is 4.03. The maximum Gasteiger partial charge on any atom is 0.0721 e. The van der Waals surface area contributed by atoms with Crippen molar-refractivity contribution in [2.45, 2.75) is 20.1 Å². The van der Waals surface area contributed by atoms with Crippen LogP contribution in [0, 0.1) is 0 Å². The summed E-state index contributed by atoms with van der Waals surface area (Å²) in [5, 5.41) is 3.32. The molecule has 21 heavy (non-hydrogen) atoms. The van der Waals surface area contributed by atoms with Crippen LogP contribution in [0.2, 0.25) is 0 Å². The van der Waals surface area contributed by atoms with Gasteiger partial charge in [0, 0.05) is 6.54 Å². The number of benzene rings is 2. The molecule has 0 aromatic heterocycles. The van der Waals surface area contributed by atoms with Gasteiger partial charge in [-0.25, -0.2) is 0 Å². The number of hydrogen-bond acceptors (Lipinski definition) is 2. The van der Waals surface area contributed by atoms with Gasteiger partial charge in [-0.2, -0.15) is 0 Å². The molecule has 2 aromatic carbocycles. The molecule has 0 saturated carbocycles. The lowest BCUT2D eigenvalue weighted by Gasteiger charge is -2.05. The van der Waals surface area contributed by atoms with E-state index < -0.39 is 0 Å². The Bertz CT molecular complexity index is 531. The maximum atomic E-state index is 5.66. The van der Waals surface area contributed by atoms with Crippen molar-refractivity contribution in [3.63, 3.8) is 0 Å². The minimum Gasteiger partial charge on any atom is -0.373 e. The van der Waals surface area contributed by atoms with Crippen LogP contribution in [-0.2, 0) is 17.9 Å². The first-order valence-corrected chi connectivity index (χ1v) is 7.46. The Labute approximate surface area is 127 Å². The van der Waals surface area contributed by atoms with Crippen molar-refractivity contribution in [2.75, 3.05) is 13.2 Å². The van der Waals surface area contributed by atoms with Crippen LogP contribution in [0.25, 0.3) is 6.08 Å². The van der Waals surface area contributed by atoms with E-state index in [-0.39, 0.29) is 0 Å². The average molecular weight is 281 g/mol. The maximum absolute atomic E-state index is 5.66. The second kappa shape index (κ2) is 9.11. The Morgan fingerprint density at radius 1 is 0.952 bits per heavy atom. The molecule has 0 aliphatic carbocycles. The number of rotatable bonds is 8. The zero-order valence-electron chi connectivity index (χ0n) is 12.6. The molecule has 0 bridgehead atoms. The van der Waals surface area contributed by atoms with Gasteiger partial charge in [-0.3, -0.25) is 0 Å². The van der Waals surface area contributed by atoms with E-state index in [9.17, 15) is 0 Å². The summed E-state index contributed by atoms with van der Waals surface area (Å²) in [5.41, 5.74) is 3.72. The average Bonchev–Trinajstić information content (AvgIpc) is 2.55. The van der Waals surface area contributed by atoms with Crippen LogP contribution in [0.1, 0.15) is 23.6 Å². The first-order valence-electron chi connectivity index (χ1n) is 7.46. The normalized spacial score (nSPS) is 11.1. The van der Waals surface area contributed by atoms with Gasteiger partial charge in [0.1, 0.15) is 0 Å². The predicted molar refractivity (Wildman–Crippen MR) is 89.0 cm³/mol. The van der Waals surface area contributed by atoms with Gasteiger partial charge in [-0.05, 0) is 23.2 Å². The Balaban J connectivity index is 1.70. The monoisotopic (exact) mass is 281 g/mol. The van der Waals surface area contributed by atoms with Gasteiger partial charge in [0.15, 0.2) is 0 Å². The Hall–Kier alpha value is -1.90. The lowest BCUT2D eigenvalue weighted by Crippen LogP contribution is -2.11. The molecule has 0 fully saturated rings. The molecule has 0 radical (unpaired) electrons. The minimum absolute atomic E-state index is 0.633. The van der Waals surface area contributed by atoms with E-state index in [2.05, 4.69) is 60.8 Å². The van der Waals surface area contributed by atoms with Gasteiger partial charge >= 0.3 is 0 Å². The van der Waals surface area contributed by atoms with Crippen molar-refractivity contribution < 1.29 is 4.74 Å². The molecule has 0 unspecified atom stereocenters. The SMILES string of the molecule is CCNCc1ccc(COC/C=C/c2ccccc2)cc1. The molecule has 2 aromatic rings. The Morgan fingerprint density at radius 3 is 2.38 bits per heavy atom. The second-order valence-electron chi connectivity index (χ2n) is 4.93. The van der Waals surface area contributed by atoms with E-state index in [1.165, 1.54) is 16.7 Å². The van der Waals surface area contributed by atoms with Crippen LogP contribution in [0.15, 0.2) is 60.7 Å². The van der Waals surface area contributed by atoms with E-state index >= 15 is 0 Å². The van der Waals surface area contributed by atoms with Crippen LogP contribution in [0.4, 0.5) is 0 Å². The van der Waals surface area contributed by atoms with Gasteiger partial charge in [0.05, 0.1) is 13.2 Å². The molecule has 110 valence electrons. The summed E-state index contributed by atoms with van der Waals surface area (Å²) >= 11 is 0. The number of nitrogens with one attached hydrogen (secondary N) is 1. The third kappa shape index (κ3) is 5.94. The largest absolute Gasteiger partial charge is 0.373 e. The highest BCUT2D eigenvalue weighted by atomic mass is 16.5. The zero-order chi connectivity index (χ0) is 14.8. The molecule has 0 atom stereocenters. The summed E-state index contributed by atoms with van der Waals surface area (Å²) in [4.78, 5) is 0. The molecule has 0 aliphatic heterocycles. The summed E-state index contributed by atoms with van der Waals surface area (Å²) in [6, 6.07) is 18.8. The molecule has 1 N–H and O–H groups in total. The summed E-state index contributed by atoms with van der Waals surface area (Å²) in [7, 11) is 0. The number of hydrogen-bond donors (Lipinski definition) is 1. The standard InChI is InChI=1S/C19H23NO/c1-2-20-15-18-10-12-19(13-11-18)16-21-14-6-9-17-7-4-3-5-8-17/h3-13,20H,2,14-16H2,1H3/b9-6+. The van der Waals surface area contributed by atoms with Crippen molar-refractivity contribution in [1.29, 1.82) is 0 Å². The molecule has 2 rings (SSSR count). The van der Waals surface area contributed by atoms with E-state index in [1.807, 2.05) is 18.2 Å². The van der Waals surface area contributed by atoms with Crippen molar-refractivity contribution in [3.05, 3.63) is 77.4 Å².